The van der Waals surface area contributed by atoms with Crippen LogP contribution >= 0.6 is 11.6 Å². The number of nitrogens with one attached hydrogen (secondary N) is 2. The van der Waals surface area contributed by atoms with E-state index in [0.29, 0.717) is 5.69 Å². The molecule has 2 N–H and O–H groups in total. The standard InChI is InChI=1S/C16H25ClN4O/c17-15-14(12-18-21-16(15)22)20-19-13-10-8-6-4-2-1-3-5-7-9-11-13/h12H,1-11H2,(H2,20,21,22). The topological polar surface area (TPSA) is 70.1 Å². The Bertz CT molecular complexity index is 527. The highest BCUT2D eigenvalue weighted by Crippen LogP contribution is 2.17. The fraction of sp³-hybridized carbons (Fsp3) is 0.688. The molecule has 1 aliphatic rings. The zero-order chi connectivity index (χ0) is 15.6. The van der Waals surface area contributed by atoms with Gasteiger partial charge in [-0.25, -0.2) is 5.10 Å². The number of hydrogen-bond donors (Lipinski definition) is 2. The Morgan fingerprint density at radius 1 is 1.00 bits per heavy atom. The van der Waals surface area contributed by atoms with Crippen molar-refractivity contribution in [2.24, 2.45) is 5.10 Å². The molecule has 1 aliphatic carbocycles. The summed E-state index contributed by atoms with van der Waals surface area (Å²) in [4.78, 5) is 11.4. The zero-order valence-corrected chi connectivity index (χ0v) is 13.8. The first kappa shape index (κ1) is 17.0. The molecule has 122 valence electrons. The van der Waals surface area contributed by atoms with Gasteiger partial charge in [0.15, 0.2) is 0 Å². The molecular weight excluding hydrogens is 300 g/mol. The molecule has 1 aromatic heterocycles. The number of H-pyrrole nitrogens is 1. The third kappa shape index (κ3) is 5.79. The van der Waals surface area contributed by atoms with Gasteiger partial charge in [0.2, 0.25) is 0 Å². The Kier molecular flexibility index (Phi) is 7.43. The molecule has 0 amide bonds. The predicted octanol–water partition coefficient (Wildman–Crippen LogP) is 4.50. The van der Waals surface area contributed by atoms with Crippen molar-refractivity contribution in [3.05, 3.63) is 21.6 Å². The van der Waals surface area contributed by atoms with Crippen molar-refractivity contribution >= 4 is 23.0 Å². The maximum absolute atomic E-state index is 11.4. The molecule has 0 spiro atoms. The molecule has 6 heteroatoms. The molecule has 1 heterocycles. The largest absolute Gasteiger partial charge is 0.285 e. The second kappa shape index (κ2) is 9.62. The quantitative estimate of drug-likeness (QED) is 0.787. The molecule has 0 radical (unpaired) electrons. The number of aromatic nitrogens is 2. The van der Waals surface area contributed by atoms with Crippen LogP contribution in [-0.4, -0.2) is 15.9 Å². The molecule has 2 rings (SSSR count). The number of aromatic amines is 1. The molecule has 1 aromatic rings. The number of nitrogens with zero attached hydrogens (tertiary/aromatic N) is 2. The number of rotatable bonds is 2. The number of anilines is 1. The fourth-order valence-electron chi connectivity index (χ4n) is 2.73. The Balaban J connectivity index is 1.96. The number of hydrazone groups is 1. The lowest BCUT2D eigenvalue weighted by Crippen LogP contribution is -2.11. The second-order valence-electron chi connectivity index (χ2n) is 5.90. The molecule has 0 bridgehead atoms. The third-order valence-electron chi connectivity index (χ3n) is 4.06. The van der Waals surface area contributed by atoms with Crippen molar-refractivity contribution in [2.45, 2.75) is 70.6 Å². The second-order valence-corrected chi connectivity index (χ2v) is 6.28. The maximum Gasteiger partial charge on any atom is 0.285 e. The van der Waals surface area contributed by atoms with Gasteiger partial charge in [0, 0.05) is 5.71 Å². The van der Waals surface area contributed by atoms with Gasteiger partial charge in [-0.3, -0.25) is 10.2 Å². The first-order chi connectivity index (χ1) is 10.8. The van der Waals surface area contributed by atoms with Gasteiger partial charge in [0.05, 0.1) is 6.20 Å². The minimum atomic E-state index is -0.398. The molecule has 5 nitrogen and oxygen atoms in total. The minimum absolute atomic E-state index is 0.104. The summed E-state index contributed by atoms with van der Waals surface area (Å²) in [5.41, 5.74) is 4.14. The maximum atomic E-state index is 11.4. The van der Waals surface area contributed by atoms with Crippen LogP contribution in [0.15, 0.2) is 16.1 Å². The first-order valence-electron chi connectivity index (χ1n) is 8.32. The molecular formula is C16H25ClN4O. The van der Waals surface area contributed by atoms with Crippen LogP contribution in [0.2, 0.25) is 5.02 Å². The van der Waals surface area contributed by atoms with Crippen LogP contribution in [0.4, 0.5) is 5.69 Å². The van der Waals surface area contributed by atoms with Gasteiger partial charge in [-0.05, 0) is 25.7 Å². The third-order valence-corrected chi connectivity index (χ3v) is 4.44. The summed E-state index contributed by atoms with van der Waals surface area (Å²) in [5, 5.41) is 10.6. The van der Waals surface area contributed by atoms with Crippen molar-refractivity contribution in [1.82, 2.24) is 10.2 Å². The molecule has 0 aromatic carbocycles. The van der Waals surface area contributed by atoms with Crippen molar-refractivity contribution in [2.75, 3.05) is 5.43 Å². The van der Waals surface area contributed by atoms with Gasteiger partial charge in [-0.15, -0.1) is 0 Å². The molecule has 0 unspecified atom stereocenters. The van der Waals surface area contributed by atoms with Crippen LogP contribution in [0, 0.1) is 0 Å². The van der Waals surface area contributed by atoms with Crippen LogP contribution in [-0.2, 0) is 0 Å². The van der Waals surface area contributed by atoms with Gasteiger partial charge < -0.3 is 0 Å². The molecule has 0 saturated heterocycles. The van der Waals surface area contributed by atoms with E-state index >= 15 is 0 Å². The van der Waals surface area contributed by atoms with Gasteiger partial charge >= 0.3 is 0 Å². The highest BCUT2D eigenvalue weighted by atomic mass is 35.5. The van der Waals surface area contributed by atoms with Crippen molar-refractivity contribution in [3.63, 3.8) is 0 Å². The lowest BCUT2D eigenvalue weighted by atomic mass is 10.00. The van der Waals surface area contributed by atoms with E-state index in [2.05, 4.69) is 20.7 Å². The summed E-state index contributed by atoms with van der Waals surface area (Å²) in [6.45, 7) is 0. The summed E-state index contributed by atoms with van der Waals surface area (Å²) < 4.78 is 0. The molecule has 0 atom stereocenters. The van der Waals surface area contributed by atoms with E-state index in [1.54, 1.807) is 0 Å². The van der Waals surface area contributed by atoms with Crippen molar-refractivity contribution < 1.29 is 0 Å². The van der Waals surface area contributed by atoms with Gasteiger partial charge in [0.25, 0.3) is 5.56 Å². The number of halogens is 1. The Hall–Kier alpha value is -1.36. The zero-order valence-electron chi connectivity index (χ0n) is 13.0. The number of hydrogen-bond acceptors (Lipinski definition) is 4. The van der Waals surface area contributed by atoms with Gasteiger partial charge in [-0.2, -0.15) is 10.2 Å². The van der Waals surface area contributed by atoms with E-state index in [1.165, 1.54) is 64.0 Å². The minimum Gasteiger partial charge on any atom is -0.275 e. The van der Waals surface area contributed by atoms with Gasteiger partial charge in [-0.1, -0.05) is 56.5 Å². The highest BCUT2D eigenvalue weighted by molar-refractivity contribution is 6.32. The summed E-state index contributed by atoms with van der Waals surface area (Å²) >= 11 is 5.94. The summed E-state index contributed by atoms with van der Waals surface area (Å²) in [6.07, 6.45) is 15.2. The summed E-state index contributed by atoms with van der Waals surface area (Å²) in [7, 11) is 0. The fourth-order valence-corrected chi connectivity index (χ4v) is 2.87. The first-order valence-corrected chi connectivity index (χ1v) is 8.70. The molecule has 1 fully saturated rings. The molecule has 0 aliphatic heterocycles. The van der Waals surface area contributed by atoms with E-state index in [0.717, 1.165) is 18.6 Å². The van der Waals surface area contributed by atoms with E-state index in [-0.39, 0.29) is 5.02 Å². The van der Waals surface area contributed by atoms with Gasteiger partial charge in [0.1, 0.15) is 10.7 Å². The summed E-state index contributed by atoms with van der Waals surface area (Å²) in [6, 6.07) is 0. The van der Waals surface area contributed by atoms with Crippen LogP contribution in [0.5, 0.6) is 0 Å². The molecule has 22 heavy (non-hydrogen) atoms. The Labute approximate surface area is 136 Å². The lowest BCUT2D eigenvalue weighted by Gasteiger charge is -2.10. The average molecular weight is 325 g/mol. The highest BCUT2D eigenvalue weighted by Gasteiger charge is 2.06. The van der Waals surface area contributed by atoms with Crippen molar-refractivity contribution in [3.8, 4) is 0 Å². The smallest absolute Gasteiger partial charge is 0.275 e. The lowest BCUT2D eigenvalue weighted by molar-refractivity contribution is 0.555. The van der Waals surface area contributed by atoms with E-state index < -0.39 is 5.56 Å². The van der Waals surface area contributed by atoms with Crippen LogP contribution in [0.1, 0.15) is 70.6 Å². The van der Waals surface area contributed by atoms with E-state index in [1.807, 2.05) is 0 Å². The Morgan fingerprint density at radius 2 is 1.55 bits per heavy atom. The predicted molar refractivity (Wildman–Crippen MR) is 91.7 cm³/mol. The summed E-state index contributed by atoms with van der Waals surface area (Å²) in [5.74, 6) is 0. The van der Waals surface area contributed by atoms with Crippen molar-refractivity contribution in [1.29, 1.82) is 0 Å². The normalized spacial score (nSPS) is 18.1. The van der Waals surface area contributed by atoms with E-state index in [4.69, 9.17) is 11.6 Å². The van der Waals surface area contributed by atoms with Crippen LogP contribution < -0.4 is 11.0 Å². The molecule has 1 saturated carbocycles. The average Bonchev–Trinajstić information content (AvgIpc) is 2.50. The van der Waals surface area contributed by atoms with Crippen LogP contribution in [0.3, 0.4) is 0 Å². The monoisotopic (exact) mass is 324 g/mol. The Morgan fingerprint density at radius 3 is 2.14 bits per heavy atom. The SMILES string of the molecule is O=c1[nH]ncc(NN=C2CCCCCCCCCCC2)c1Cl. The van der Waals surface area contributed by atoms with E-state index in [9.17, 15) is 4.79 Å². The van der Waals surface area contributed by atoms with Crippen LogP contribution in [0.25, 0.3) is 0 Å².